The first kappa shape index (κ1) is 21.5. The molecule has 1 amide bonds. The van der Waals surface area contributed by atoms with E-state index in [1.54, 1.807) is 30.3 Å². The Hall–Kier alpha value is -3.30. The number of hydrogen-bond acceptors (Lipinski definition) is 8. The van der Waals surface area contributed by atoms with E-state index in [-0.39, 0.29) is 11.3 Å². The van der Waals surface area contributed by atoms with Crippen LogP contribution in [0.4, 0.5) is 0 Å². The van der Waals surface area contributed by atoms with E-state index in [9.17, 15) is 14.7 Å². The summed E-state index contributed by atoms with van der Waals surface area (Å²) >= 11 is 0. The van der Waals surface area contributed by atoms with Crippen molar-refractivity contribution in [3.63, 3.8) is 0 Å². The van der Waals surface area contributed by atoms with Crippen molar-refractivity contribution in [1.29, 1.82) is 0 Å². The van der Waals surface area contributed by atoms with Crippen LogP contribution in [0.5, 0.6) is 11.5 Å². The van der Waals surface area contributed by atoms with Crippen LogP contribution >= 0.6 is 0 Å². The molecule has 33 heavy (non-hydrogen) atoms. The first-order valence-corrected chi connectivity index (χ1v) is 11.2. The Morgan fingerprint density at radius 2 is 1.79 bits per heavy atom. The van der Waals surface area contributed by atoms with E-state index in [2.05, 4.69) is 4.90 Å². The number of ketones is 1. The van der Waals surface area contributed by atoms with Crippen molar-refractivity contribution in [3.8, 4) is 11.5 Å². The number of fused-ring (bicyclic) bond motifs is 1. The zero-order chi connectivity index (χ0) is 22.8. The molecular formula is C24H26N2O7. The van der Waals surface area contributed by atoms with E-state index in [1.807, 2.05) is 0 Å². The Kier molecular flexibility index (Phi) is 6.06. The fourth-order valence-electron chi connectivity index (χ4n) is 4.49. The minimum Gasteiger partial charge on any atom is -0.507 e. The van der Waals surface area contributed by atoms with Gasteiger partial charge in [0.05, 0.1) is 25.1 Å². The molecule has 1 aromatic carbocycles. The Bertz CT molecular complexity index is 1060. The molecule has 0 aliphatic carbocycles. The molecule has 174 valence electrons. The third-order valence-electron chi connectivity index (χ3n) is 6.15. The second-order valence-corrected chi connectivity index (χ2v) is 8.17. The highest BCUT2D eigenvalue weighted by atomic mass is 16.6. The van der Waals surface area contributed by atoms with Crippen molar-refractivity contribution in [1.82, 2.24) is 9.80 Å². The van der Waals surface area contributed by atoms with Crippen molar-refractivity contribution >= 4 is 17.4 Å². The van der Waals surface area contributed by atoms with Crippen molar-refractivity contribution in [2.45, 2.75) is 12.5 Å². The Morgan fingerprint density at radius 1 is 1.00 bits per heavy atom. The minimum absolute atomic E-state index is 0.0120. The zero-order valence-corrected chi connectivity index (χ0v) is 18.2. The molecule has 0 spiro atoms. The molecule has 9 nitrogen and oxygen atoms in total. The summed E-state index contributed by atoms with van der Waals surface area (Å²) in [4.78, 5) is 29.8. The highest BCUT2D eigenvalue weighted by Gasteiger charge is 2.47. The molecule has 3 aliphatic rings. The lowest BCUT2D eigenvalue weighted by Crippen LogP contribution is -2.38. The fourth-order valence-corrected chi connectivity index (χ4v) is 4.49. The van der Waals surface area contributed by atoms with E-state index in [4.69, 9.17) is 18.6 Å². The summed E-state index contributed by atoms with van der Waals surface area (Å²) in [7, 11) is 0. The molecule has 2 aromatic rings. The molecule has 0 saturated carbocycles. The summed E-state index contributed by atoms with van der Waals surface area (Å²) in [6.07, 6.45) is 2.18. The van der Waals surface area contributed by atoms with Gasteiger partial charge in [-0.25, -0.2) is 0 Å². The normalized spacial score (nSPS) is 22.7. The number of furan rings is 1. The number of hydrogen-bond donors (Lipinski definition) is 1. The number of nitrogens with zero attached hydrogens (tertiary/aromatic N) is 2. The standard InChI is InChI=1S/C24H26N2O7/c27-22(16-4-5-17-19(15-16)33-14-13-32-17)20-21(18-3-1-10-31-18)26(24(29)23(20)28)7-2-6-25-8-11-30-12-9-25/h1,3-5,10,15,21,27H,2,6-9,11-14H2/b22-20+/t21-/m0/s1. The summed E-state index contributed by atoms with van der Waals surface area (Å²) in [5.74, 6) is -0.141. The lowest BCUT2D eigenvalue weighted by atomic mass is 9.99. The van der Waals surface area contributed by atoms with Crippen LogP contribution in [0.3, 0.4) is 0 Å². The number of aliphatic hydroxyl groups is 1. The van der Waals surface area contributed by atoms with Gasteiger partial charge in [-0.2, -0.15) is 0 Å². The number of rotatable bonds is 6. The quantitative estimate of drug-likeness (QED) is 0.403. The van der Waals surface area contributed by atoms with Gasteiger partial charge in [0.1, 0.15) is 30.8 Å². The number of likely N-dealkylation sites (tertiary alicyclic amines) is 1. The van der Waals surface area contributed by atoms with Gasteiger partial charge in [-0.1, -0.05) is 0 Å². The van der Waals surface area contributed by atoms with Crippen LogP contribution in [-0.4, -0.2) is 79.2 Å². The summed E-state index contributed by atoms with van der Waals surface area (Å²) < 4.78 is 22.1. The third kappa shape index (κ3) is 4.21. The lowest BCUT2D eigenvalue weighted by molar-refractivity contribution is -0.140. The SMILES string of the molecule is O=C1C(=O)N(CCCN2CCOCC2)[C@@H](c2ccco2)/C1=C(\O)c1ccc2c(c1)OCCO2. The molecule has 0 radical (unpaired) electrons. The van der Waals surface area contributed by atoms with Crippen LogP contribution in [0.2, 0.25) is 0 Å². The van der Waals surface area contributed by atoms with Crippen molar-refractivity contribution < 1.29 is 33.3 Å². The molecule has 3 aliphatic heterocycles. The zero-order valence-electron chi connectivity index (χ0n) is 18.2. The van der Waals surface area contributed by atoms with E-state index < -0.39 is 17.7 Å². The molecule has 1 aromatic heterocycles. The lowest BCUT2D eigenvalue weighted by Gasteiger charge is -2.28. The van der Waals surface area contributed by atoms with Crippen molar-refractivity contribution in [2.75, 3.05) is 52.6 Å². The second-order valence-electron chi connectivity index (χ2n) is 8.17. The summed E-state index contributed by atoms with van der Waals surface area (Å²) in [6, 6.07) is 7.57. The van der Waals surface area contributed by atoms with Crippen LogP contribution in [0, 0.1) is 0 Å². The molecule has 0 unspecified atom stereocenters. The van der Waals surface area contributed by atoms with Gasteiger partial charge in [0, 0.05) is 31.7 Å². The Morgan fingerprint density at radius 3 is 2.55 bits per heavy atom. The number of Topliss-reactive ketones (excluding diaryl/α,β-unsaturated/α-hetero) is 1. The van der Waals surface area contributed by atoms with Gasteiger partial charge < -0.3 is 28.6 Å². The van der Waals surface area contributed by atoms with Gasteiger partial charge in [0.25, 0.3) is 11.7 Å². The van der Waals surface area contributed by atoms with Crippen molar-refractivity contribution in [3.05, 3.63) is 53.5 Å². The first-order chi connectivity index (χ1) is 16.1. The Balaban J connectivity index is 1.44. The Labute approximate surface area is 191 Å². The number of aliphatic hydroxyl groups excluding tert-OH is 1. The average molecular weight is 454 g/mol. The largest absolute Gasteiger partial charge is 0.507 e. The topological polar surface area (TPSA) is 102 Å². The maximum atomic E-state index is 13.1. The van der Waals surface area contributed by atoms with Crippen LogP contribution < -0.4 is 9.47 Å². The molecule has 0 bridgehead atoms. The van der Waals surface area contributed by atoms with Crippen LogP contribution in [0.15, 0.2) is 46.6 Å². The van der Waals surface area contributed by atoms with Crippen molar-refractivity contribution in [2.24, 2.45) is 0 Å². The van der Waals surface area contributed by atoms with E-state index in [0.717, 1.165) is 19.6 Å². The monoisotopic (exact) mass is 454 g/mol. The van der Waals surface area contributed by atoms with Gasteiger partial charge in [-0.3, -0.25) is 14.5 Å². The summed E-state index contributed by atoms with van der Waals surface area (Å²) in [6.45, 7) is 5.11. The van der Waals surface area contributed by atoms with Crippen LogP contribution in [0.1, 0.15) is 23.8 Å². The molecule has 5 rings (SSSR count). The smallest absolute Gasteiger partial charge is 0.295 e. The summed E-state index contributed by atoms with van der Waals surface area (Å²) in [5, 5.41) is 11.1. The summed E-state index contributed by atoms with van der Waals surface area (Å²) in [5.41, 5.74) is 0.389. The van der Waals surface area contributed by atoms with Gasteiger partial charge >= 0.3 is 0 Å². The molecule has 1 N–H and O–H groups in total. The van der Waals surface area contributed by atoms with Gasteiger partial charge in [-0.15, -0.1) is 0 Å². The molecular weight excluding hydrogens is 428 g/mol. The van der Waals surface area contributed by atoms with E-state index in [0.29, 0.717) is 62.2 Å². The van der Waals surface area contributed by atoms with Gasteiger partial charge in [0.15, 0.2) is 11.5 Å². The predicted molar refractivity (Wildman–Crippen MR) is 117 cm³/mol. The number of carbonyl (C=O) groups excluding carboxylic acids is 2. The molecule has 9 heteroatoms. The second kappa shape index (κ2) is 9.29. The predicted octanol–water partition coefficient (Wildman–Crippen LogP) is 2.19. The highest BCUT2D eigenvalue weighted by Crippen LogP contribution is 2.41. The van der Waals surface area contributed by atoms with Gasteiger partial charge in [-0.05, 0) is 36.8 Å². The van der Waals surface area contributed by atoms with Crippen LogP contribution in [-0.2, 0) is 14.3 Å². The number of benzene rings is 1. The number of ether oxygens (including phenoxy) is 3. The number of amides is 1. The molecule has 4 heterocycles. The fraction of sp³-hybridized carbons (Fsp3) is 0.417. The third-order valence-corrected chi connectivity index (χ3v) is 6.15. The first-order valence-electron chi connectivity index (χ1n) is 11.2. The molecule has 2 saturated heterocycles. The number of carbonyl (C=O) groups is 2. The number of morpholine rings is 1. The van der Waals surface area contributed by atoms with E-state index in [1.165, 1.54) is 11.2 Å². The molecule has 2 fully saturated rings. The maximum absolute atomic E-state index is 13.1. The average Bonchev–Trinajstić information content (AvgIpc) is 3.47. The molecule has 1 atom stereocenters. The van der Waals surface area contributed by atoms with E-state index >= 15 is 0 Å². The highest BCUT2D eigenvalue weighted by molar-refractivity contribution is 6.46. The minimum atomic E-state index is -0.794. The van der Waals surface area contributed by atoms with Gasteiger partial charge in [0.2, 0.25) is 0 Å². The van der Waals surface area contributed by atoms with Crippen LogP contribution in [0.25, 0.3) is 5.76 Å². The maximum Gasteiger partial charge on any atom is 0.295 e.